The predicted molar refractivity (Wildman–Crippen MR) is 69.9 cm³/mol. The molecule has 0 aromatic heterocycles. The van der Waals surface area contributed by atoms with Crippen LogP contribution in [0.15, 0.2) is 18.2 Å². The van der Waals surface area contributed by atoms with Crippen molar-refractivity contribution in [3.63, 3.8) is 0 Å². The molecule has 0 aliphatic heterocycles. The van der Waals surface area contributed by atoms with Crippen LogP contribution in [0.5, 0.6) is 0 Å². The normalized spacial score (nSPS) is 11.0. The minimum absolute atomic E-state index is 0.0176. The monoisotopic (exact) mass is 232 g/mol. The molecule has 2 N–H and O–H groups in total. The van der Waals surface area contributed by atoms with Crippen molar-refractivity contribution in [1.29, 1.82) is 5.26 Å². The molecule has 0 saturated heterocycles. The first-order valence-electron chi connectivity index (χ1n) is 5.84. The Bertz CT molecular complexity index is 419. The van der Waals surface area contributed by atoms with Crippen LogP contribution >= 0.6 is 0 Å². The molecule has 17 heavy (non-hydrogen) atoms. The van der Waals surface area contributed by atoms with E-state index in [-0.39, 0.29) is 12.0 Å². The molecule has 1 aromatic carbocycles. The number of hydrogen-bond donors (Lipinski definition) is 2. The molecule has 0 spiro atoms. The Balaban J connectivity index is 2.79. The van der Waals surface area contributed by atoms with Crippen molar-refractivity contribution < 1.29 is 5.11 Å². The molecular weight excluding hydrogens is 212 g/mol. The number of rotatable bonds is 5. The molecule has 0 saturated carbocycles. The zero-order chi connectivity index (χ0) is 12.9. The van der Waals surface area contributed by atoms with Crippen molar-refractivity contribution in [2.24, 2.45) is 5.41 Å². The van der Waals surface area contributed by atoms with Gasteiger partial charge in [0.1, 0.15) is 6.07 Å². The van der Waals surface area contributed by atoms with Gasteiger partial charge >= 0.3 is 0 Å². The molecule has 3 nitrogen and oxygen atoms in total. The number of aryl methyl sites for hydroxylation is 1. The van der Waals surface area contributed by atoms with Gasteiger partial charge in [0.25, 0.3) is 0 Å². The molecule has 0 aliphatic carbocycles. The highest BCUT2D eigenvalue weighted by molar-refractivity contribution is 5.62. The van der Waals surface area contributed by atoms with Crippen LogP contribution in [0.3, 0.4) is 0 Å². The second-order valence-electron chi connectivity index (χ2n) is 5.10. The van der Waals surface area contributed by atoms with E-state index in [9.17, 15) is 0 Å². The molecule has 1 aromatic rings. The zero-order valence-electron chi connectivity index (χ0n) is 10.7. The predicted octanol–water partition coefficient (Wildman–Crippen LogP) is 2.69. The van der Waals surface area contributed by atoms with Crippen molar-refractivity contribution in [3.05, 3.63) is 29.3 Å². The number of para-hydroxylation sites is 1. The zero-order valence-corrected chi connectivity index (χ0v) is 10.7. The summed E-state index contributed by atoms with van der Waals surface area (Å²) in [4.78, 5) is 0. The molecule has 0 fully saturated rings. The fourth-order valence-corrected chi connectivity index (χ4v) is 1.71. The summed E-state index contributed by atoms with van der Waals surface area (Å²) in [6.45, 7) is 7.12. The van der Waals surface area contributed by atoms with Crippen molar-refractivity contribution >= 4 is 5.69 Å². The van der Waals surface area contributed by atoms with Crippen molar-refractivity contribution in [2.75, 3.05) is 18.5 Å². The Morgan fingerprint density at radius 1 is 1.41 bits per heavy atom. The second-order valence-corrected chi connectivity index (χ2v) is 5.10. The van der Waals surface area contributed by atoms with Gasteiger partial charge in [0, 0.05) is 13.2 Å². The summed E-state index contributed by atoms with van der Waals surface area (Å²) in [5, 5.41) is 21.3. The summed E-state index contributed by atoms with van der Waals surface area (Å²) in [5.74, 6) is 0. The van der Waals surface area contributed by atoms with Gasteiger partial charge in [0.15, 0.2) is 0 Å². The van der Waals surface area contributed by atoms with E-state index in [0.717, 1.165) is 24.2 Å². The summed E-state index contributed by atoms with van der Waals surface area (Å²) in [7, 11) is 0. The molecule has 0 heterocycles. The fraction of sp³-hybridized carbons (Fsp3) is 0.500. The number of nitrogens with one attached hydrogen (secondary N) is 1. The summed E-state index contributed by atoms with van der Waals surface area (Å²) in [6, 6.07) is 7.88. The van der Waals surface area contributed by atoms with Crippen LogP contribution in [0, 0.1) is 23.7 Å². The Morgan fingerprint density at radius 2 is 2.12 bits per heavy atom. The molecule has 3 heteroatoms. The van der Waals surface area contributed by atoms with E-state index in [0.29, 0.717) is 5.56 Å². The second kappa shape index (κ2) is 5.70. The lowest BCUT2D eigenvalue weighted by Gasteiger charge is -2.25. The number of nitriles is 1. The average molecular weight is 232 g/mol. The standard InChI is InChI=1S/C14H20N2O/c1-11-5-4-6-12(9-15)13(11)16-10-14(2,3)7-8-17/h4-6,16-17H,7-8,10H2,1-3H3. The molecule has 0 radical (unpaired) electrons. The highest BCUT2D eigenvalue weighted by Gasteiger charge is 2.17. The summed E-state index contributed by atoms with van der Waals surface area (Å²) in [6.07, 6.45) is 0.744. The highest BCUT2D eigenvalue weighted by atomic mass is 16.3. The van der Waals surface area contributed by atoms with Gasteiger partial charge < -0.3 is 10.4 Å². The van der Waals surface area contributed by atoms with E-state index in [2.05, 4.69) is 25.2 Å². The largest absolute Gasteiger partial charge is 0.396 e. The van der Waals surface area contributed by atoms with E-state index >= 15 is 0 Å². The van der Waals surface area contributed by atoms with E-state index in [1.165, 1.54) is 0 Å². The minimum Gasteiger partial charge on any atom is -0.396 e. The number of anilines is 1. The third kappa shape index (κ3) is 3.76. The SMILES string of the molecule is Cc1cccc(C#N)c1NCC(C)(C)CCO. The van der Waals surface area contributed by atoms with E-state index < -0.39 is 0 Å². The Hall–Kier alpha value is -1.53. The topological polar surface area (TPSA) is 56.0 Å². The maximum Gasteiger partial charge on any atom is 0.101 e. The van der Waals surface area contributed by atoms with Gasteiger partial charge in [0.05, 0.1) is 11.3 Å². The molecule has 0 amide bonds. The Labute approximate surface area is 103 Å². The molecule has 0 unspecified atom stereocenters. The van der Waals surface area contributed by atoms with Crippen LogP contribution < -0.4 is 5.32 Å². The lowest BCUT2D eigenvalue weighted by molar-refractivity contribution is 0.220. The molecule has 0 bridgehead atoms. The van der Waals surface area contributed by atoms with Gasteiger partial charge in [-0.15, -0.1) is 0 Å². The van der Waals surface area contributed by atoms with Crippen molar-refractivity contribution in [1.82, 2.24) is 0 Å². The lowest BCUT2D eigenvalue weighted by Crippen LogP contribution is -2.24. The highest BCUT2D eigenvalue weighted by Crippen LogP contribution is 2.24. The minimum atomic E-state index is 0.0176. The molecule has 0 aliphatic rings. The number of benzene rings is 1. The van der Waals surface area contributed by atoms with Crippen molar-refractivity contribution in [2.45, 2.75) is 27.2 Å². The fourth-order valence-electron chi connectivity index (χ4n) is 1.71. The average Bonchev–Trinajstić information content (AvgIpc) is 2.27. The van der Waals surface area contributed by atoms with Gasteiger partial charge in [0.2, 0.25) is 0 Å². The lowest BCUT2D eigenvalue weighted by atomic mass is 9.89. The van der Waals surface area contributed by atoms with Gasteiger partial charge in [-0.3, -0.25) is 0 Å². The number of aliphatic hydroxyl groups excluding tert-OH is 1. The summed E-state index contributed by atoms with van der Waals surface area (Å²) in [5.41, 5.74) is 2.67. The first-order valence-corrected chi connectivity index (χ1v) is 5.84. The van der Waals surface area contributed by atoms with Crippen LogP contribution in [0.25, 0.3) is 0 Å². The van der Waals surface area contributed by atoms with Gasteiger partial charge in [-0.1, -0.05) is 26.0 Å². The van der Waals surface area contributed by atoms with Crippen LogP contribution in [0.2, 0.25) is 0 Å². The third-order valence-electron chi connectivity index (χ3n) is 2.93. The molecule has 1 rings (SSSR count). The number of nitrogens with zero attached hydrogens (tertiary/aromatic N) is 1. The molecule has 92 valence electrons. The Morgan fingerprint density at radius 3 is 2.71 bits per heavy atom. The Kier molecular flexibility index (Phi) is 4.53. The van der Waals surface area contributed by atoms with Gasteiger partial charge in [-0.05, 0) is 30.4 Å². The number of aliphatic hydroxyl groups is 1. The van der Waals surface area contributed by atoms with Crippen LogP contribution in [0.4, 0.5) is 5.69 Å². The van der Waals surface area contributed by atoms with Crippen LogP contribution in [0.1, 0.15) is 31.4 Å². The summed E-state index contributed by atoms with van der Waals surface area (Å²) < 4.78 is 0. The smallest absolute Gasteiger partial charge is 0.101 e. The number of hydrogen-bond acceptors (Lipinski definition) is 3. The van der Waals surface area contributed by atoms with Crippen LogP contribution in [-0.2, 0) is 0 Å². The molecule has 0 atom stereocenters. The van der Waals surface area contributed by atoms with Crippen molar-refractivity contribution in [3.8, 4) is 6.07 Å². The van der Waals surface area contributed by atoms with E-state index in [1.54, 1.807) is 0 Å². The first-order chi connectivity index (χ1) is 8.00. The molecular formula is C14H20N2O. The first kappa shape index (κ1) is 13.5. The van der Waals surface area contributed by atoms with Gasteiger partial charge in [-0.25, -0.2) is 0 Å². The maximum absolute atomic E-state index is 9.05. The maximum atomic E-state index is 9.05. The quantitative estimate of drug-likeness (QED) is 0.820. The van der Waals surface area contributed by atoms with Crippen LogP contribution in [-0.4, -0.2) is 18.3 Å². The third-order valence-corrected chi connectivity index (χ3v) is 2.93. The van der Waals surface area contributed by atoms with E-state index in [1.807, 2.05) is 25.1 Å². The summed E-state index contributed by atoms with van der Waals surface area (Å²) >= 11 is 0. The van der Waals surface area contributed by atoms with E-state index in [4.69, 9.17) is 10.4 Å². The van der Waals surface area contributed by atoms with Gasteiger partial charge in [-0.2, -0.15) is 5.26 Å².